The van der Waals surface area contributed by atoms with Crippen molar-refractivity contribution < 1.29 is 0 Å². The van der Waals surface area contributed by atoms with Crippen molar-refractivity contribution in [2.75, 3.05) is 49.3 Å². The number of anilines is 3. The van der Waals surface area contributed by atoms with E-state index in [1.807, 2.05) is 0 Å². The number of nitrogens with zero attached hydrogens (tertiary/aromatic N) is 5. The van der Waals surface area contributed by atoms with Crippen LogP contribution in [-0.4, -0.2) is 58.1 Å². The highest BCUT2D eigenvalue weighted by atomic mass is 15.5. The van der Waals surface area contributed by atoms with Crippen molar-refractivity contribution in [2.45, 2.75) is 19.5 Å². The lowest BCUT2D eigenvalue weighted by molar-refractivity contribution is 0.250. The molecule has 2 aromatic heterocycles. The van der Waals surface area contributed by atoms with Crippen molar-refractivity contribution in [1.29, 1.82) is 0 Å². The lowest BCUT2D eigenvalue weighted by atomic mass is 10.0. The molecule has 8 heteroatoms. The number of nitrogens with one attached hydrogen (secondary N) is 2. The molecule has 0 amide bonds. The number of hydrazine groups is 1. The quantitative estimate of drug-likeness (QED) is 0.431. The highest BCUT2D eigenvalue weighted by molar-refractivity contribution is 5.83. The molecule has 4 N–H and O–H groups in total. The Morgan fingerprint density at radius 2 is 1.91 bits per heavy atom. The Bertz CT molecular complexity index is 1340. The first kappa shape index (κ1) is 20.9. The maximum absolute atomic E-state index is 6.29. The molecule has 4 aromatic rings. The van der Waals surface area contributed by atoms with Crippen molar-refractivity contribution in [2.24, 2.45) is 0 Å². The first-order valence-corrected chi connectivity index (χ1v) is 11.9. The molecule has 2 aliphatic heterocycles. The molecule has 1 atom stereocenters. The molecule has 0 spiro atoms. The van der Waals surface area contributed by atoms with E-state index in [9.17, 15) is 0 Å². The molecule has 1 unspecified atom stereocenters. The van der Waals surface area contributed by atoms with Crippen molar-refractivity contribution in [1.82, 2.24) is 24.9 Å². The van der Waals surface area contributed by atoms with Gasteiger partial charge in [-0.05, 0) is 36.2 Å². The standard InChI is InChI=1S/C26H30N8/c1-17-21-13-18(7-8-23(21)31-32(17)2)24-15-29-25(27)26(30-24)34-11-9-33(10-12-34)16-19-14-28-22-6-4-3-5-20(19)22/h3-8,13-15,17,28,31H,9-12,16H2,1-2H3,(H2,27,29). The number of aromatic nitrogens is 3. The van der Waals surface area contributed by atoms with Crippen LogP contribution in [0.2, 0.25) is 0 Å². The Morgan fingerprint density at radius 3 is 2.76 bits per heavy atom. The summed E-state index contributed by atoms with van der Waals surface area (Å²) in [5.41, 5.74) is 16.6. The van der Waals surface area contributed by atoms with Crippen LogP contribution in [0.3, 0.4) is 0 Å². The van der Waals surface area contributed by atoms with E-state index in [2.05, 4.69) is 92.8 Å². The summed E-state index contributed by atoms with van der Waals surface area (Å²) in [5.74, 6) is 1.28. The molecular formula is C26H30N8. The topological polar surface area (TPSA) is 89.3 Å². The van der Waals surface area contributed by atoms with E-state index in [1.54, 1.807) is 6.20 Å². The second kappa shape index (κ2) is 8.30. The van der Waals surface area contributed by atoms with Gasteiger partial charge in [0, 0.05) is 62.4 Å². The minimum atomic E-state index is 0.307. The van der Waals surface area contributed by atoms with Crippen molar-refractivity contribution >= 4 is 28.2 Å². The average Bonchev–Trinajstić information content (AvgIpc) is 3.40. The number of hydrogen-bond donors (Lipinski definition) is 3. The van der Waals surface area contributed by atoms with E-state index >= 15 is 0 Å². The zero-order chi connectivity index (χ0) is 23.2. The van der Waals surface area contributed by atoms with Gasteiger partial charge in [-0.15, -0.1) is 0 Å². The van der Waals surface area contributed by atoms with Crippen molar-refractivity contribution in [3.8, 4) is 11.3 Å². The SMILES string of the molecule is CC1c2cc(-c3cnc(N)c(N4CCN(Cc5c[nH]c6ccccc56)CC4)n3)ccc2NN1C. The van der Waals surface area contributed by atoms with E-state index in [-0.39, 0.29) is 0 Å². The lowest BCUT2D eigenvalue weighted by Crippen LogP contribution is -2.46. The average molecular weight is 455 g/mol. The van der Waals surface area contributed by atoms with Crippen LogP contribution in [0.1, 0.15) is 24.1 Å². The Morgan fingerprint density at radius 1 is 1.09 bits per heavy atom. The summed E-state index contributed by atoms with van der Waals surface area (Å²) in [6, 6.07) is 15.2. The molecule has 1 fully saturated rings. The minimum absolute atomic E-state index is 0.307. The van der Waals surface area contributed by atoms with Crippen LogP contribution in [0.15, 0.2) is 54.9 Å². The first-order valence-electron chi connectivity index (χ1n) is 11.9. The molecule has 4 heterocycles. The number of rotatable bonds is 4. The fourth-order valence-corrected chi connectivity index (χ4v) is 5.05. The van der Waals surface area contributed by atoms with Gasteiger partial charge in [0.2, 0.25) is 0 Å². The summed E-state index contributed by atoms with van der Waals surface area (Å²) < 4.78 is 0. The third-order valence-electron chi connectivity index (χ3n) is 7.20. The summed E-state index contributed by atoms with van der Waals surface area (Å²) >= 11 is 0. The van der Waals surface area contributed by atoms with Crippen LogP contribution in [0, 0.1) is 0 Å². The normalized spacial score (nSPS) is 18.9. The van der Waals surface area contributed by atoms with Gasteiger partial charge >= 0.3 is 0 Å². The predicted octanol–water partition coefficient (Wildman–Crippen LogP) is 3.86. The molecule has 0 radical (unpaired) electrons. The highest BCUT2D eigenvalue weighted by Gasteiger charge is 2.25. The summed E-state index contributed by atoms with van der Waals surface area (Å²) in [6.07, 6.45) is 3.92. The van der Waals surface area contributed by atoms with Crippen LogP contribution in [-0.2, 0) is 6.54 Å². The number of H-pyrrole nitrogens is 1. The van der Waals surface area contributed by atoms with Gasteiger partial charge in [-0.3, -0.25) is 4.90 Å². The van der Waals surface area contributed by atoms with E-state index in [4.69, 9.17) is 10.7 Å². The van der Waals surface area contributed by atoms with Gasteiger partial charge in [0.25, 0.3) is 0 Å². The fourth-order valence-electron chi connectivity index (χ4n) is 5.05. The molecule has 6 rings (SSSR count). The molecular weight excluding hydrogens is 424 g/mol. The predicted molar refractivity (Wildman–Crippen MR) is 137 cm³/mol. The largest absolute Gasteiger partial charge is 0.381 e. The van der Waals surface area contributed by atoms with E-state index in [1.165, 1.54) is 22.0 Å². The molecule has 0 bridgehead atoms. The number of nitrogen functional groups attached to an aromatic ring is 1. The van der Waals surface area contributed by atoms with Gasteiger partial charge in [0.1, 0.15) is 0 Å². The zero-order valence-electron chi connectivity index (χ0n) is 19.6. The number of benzene rings is 2. The minimum Gasteiger partial charge on any atom is -0.381 e. The summed E-state index contributed by atoms with van der Waals surface area (Å²) in [7, 11) is 2.06. The van der Waals surface area contributed by atoms with Gasteiger partial charge < -0.3 is 21.0 Å². The number of aromatic amines is 1. The van der Waals surface area contributed by atoms with Crippen LogP contribution in [0.25, 0.3) is 22.2 Å². The number of hydrogen-bond acceptors (Lipinski definition) is 7. The van der Waals surface area contributed by atoms with E-state index in [0.29, 0.717) is 11.9 Å². The summed E-state index contributed by atoms with van der Waals surface area (Å²) in [4.78, 5) is 17.6. The Labute approximate surface area is 199 Å². The molecule has 1 saturated heterocycles. The Hall–Kier alpha value is -3.62. The molecule has 174 valence electrons. The first-order chi connectivity index (χ1) is 16.6. The molecule has 2 aromatic carbocycles. The second-order valence-corrected chi connectivity index (χ2v) is 9.29. The van der Waals surface area contributed by atoms with Gasteiger partial charge in [0.15, 0.2) is 11.6 Å². The fraction of sp³-hybridized carbons (Fsp3) is 0.308. The van der Waals surface area contributed by atoms with Gasteiger partial charge in [-0.2, -0.15) is 0 Å². The van der Waals surface area contributed by atoms with E-state index < -0.39 is 0 Å². The molecule has 8 nitrogen and oxygen atoms in total. The third kappa shape index (κ3) is 3.65. The Kier molecular flexibility index (Phi) is 5.12. The molecule has 2 aliphatic rings. The maximum atomic E-state index is 6.29. The van der Waals surface area contributed by atoms with Crippen LogP contribution < -0.4 is 16.1 Å². The molecule has 0 saturated carbocycles. The zero-order valence-corrected chi connectivity index (χ0v) is 19.6. The smallest absolute Gasteiger partial charge is 0.172 e. The Balaban J connectivity index is 1.18. The van der Waals surface area contributed by atoms with Crippen LogP contribution in [0.5, 0.6) is 0 Å². The number of nitrogens with two attached hydrogens (primary N) is 1. The van der Waals surface area contributed by atoms with Crippen molar-refractivity contribution in [3.63, 3.8) is 0 Å². The summed E-state index contributed by atoms with van der Waals surface area (Å²) in [6.45, 7) is 6.80. The second-order valence-electron chi connectivity index (χ2n) is 9.29. The van der Waals surface area contributed by atoms with E-state index in [0.717, 1.165) is 55.5 Å². The maximum Gasteiger partial charge on any atom is 0.172 e. The van der Waals surface area contributed by atoms with Gasteiger partial charge in [-0.1, -0.05) is 24.3 Å². The lowest BCUT2D eigenvalue weighted by Gasteiger charge is -2.35. The van der Waals surface area contributed by atoms with Crippen LogP contribution >= 0.6 is 0 Å². The van der Waals surface area contributed by atoms with Gasteiger partial charge in [0.05, 0.1) is 23.6 Å². The monoisotopic (exact) mass is 454 g/mol. The van der Waals surface area contributed by atoms with Gasteiger partial charge in [-0.25, -0.2) is 15.0 Å². The summed E-state index contributed by atoms with van der Waals surface area (Å²) in [5, 5.41) is 3.42. The number of para-hydroxylation sites is 1. The van der Waals surface area contributed by atoms with Crippen LogP contribution in [0.4, 0.5) is 17.3 Å². The third-order valence-corrected chi connectivity index (χ3v) is 7.20. The number of piperazine rings is 1. The number of fused-ring (bicyclic) bond motifs is 2. The highest BCUT2D eigenvalue weighted by Crippen LogP contribution is 2.36. The molecule has 0 aliphatic carbocycles. The molecule has 34 heavy (non-hydrogen) atoms. The van der Waals surface area contributed by atoms with Crippen molar-refractivity contribution in [3.05, 3.63) is 66.0 Å².